The zero-order chi connectivity index (χ0) is 17.8. The molecular weight excluding hydrogens is 422 g/mol. The molecule has 2 aliphatic rings. The quantitative estimate of drug-likeness (QED) is 0.457. The number of hydrogen-bond acceptors (Lipinski definition) is 0. The zero-order valence-corrected chi connectivity index (χ0v) is 21.2. The molecule has 0 N–H and O–H groups in total. The summed E-state index contributed by atoms with van der Waals surface area (Å²) in [5.74, 6) is -0.675. The molecule has 0 saturated heterocycles. The van der Waals surface area contributed by atoms with Crippen LogP contribution in [0.3, 0.4) is 0 Å². The molecule has 0 aromatic carbocycles. The smallest absolute Gasteiger partial charge is 1.00 e. The second-order valence-electron chi connectivity index (χ2n) is 7.39. The SMILES string of the molecule is CCC1=CC=C[C]1(CC)[Zr+2]([SiH](CC)CC)[C]1(CC)C=CC=C1CC.[F-].[F-]. The minimum absolute atomic E-state index is 0. The molecule has 0 heterocycles. The first-order valence-electron chi connectivity index (χ1n) is 10.3. The molecule has 0 radical (unpaired) electrons. The Morgan fingerprint density at radius 1 is 0.731 bits per heavy atom. The van der Waals surface area contributed by atoms with Crippen molar-refractivity contribution in [2.75, 3.05) is 0 Å². The Labute approximate surface area is 168 Å². The van der Waals surface area contributed by atoms with E-state index in [1.54, 1.807) is 11.1 Å². The Kier molecular flexibility index (Phi) is 11.0. The van der Waals surface area contributed by atoms with E-state index < -0.39 is 26.8 Å². The van der Waals surface area contributed by atoms with Gasteiger partial charge in [-0.25, -0.2) is 0 Å². The summed E-state index contributed by atoms with van der Waals surface area (Å²) in [5.41, 5.74) is 3.56. The standard InChI is InChI=1S/2C9H13.C4H11Si.2FH.Zr/c2*1-3-8-6-5-7-9(8)4-2;1-3-5-4-2;;;/h2*5-7H,3-4H2,1-2H3;5H,3-4H2,1-2H3;2*1H;/q;;;;;+2/p-2. The maximum absolute atomic E-state index is 2.68. The summed E-state index contributed by atoms with van der Waals surface area (Å²) >= 11 is -1.82. The van der Waals surface area contributed by atoms with Crippen molar-refractivity contribution in [3.05, 3.63) is 47.6 Å². The molecule has 26 heavy (non-hydrogen) atoms. The minimum Gasteiger partial charge on any atom is -1.00 e. The number of allylic oxidation sites excluding steroid dienone is 8. The summed E-state index contributed by atoms with van der Waals surface area (Å²) in [7, 11) is 0. The monoisotopic (exact) mass is 457 g/mol. The molecule has 0 fully saturated rings. The molecule has 0 aromatic rings. The first kappa shape index (κ1) is 25.9. The molecule has 0 nitrogen and oxygen atoms in total. The molecule has 4 heteroatoms. The Morgan fingerprint density at radius 3 is 1.38 bits per heavy atom. The van der Waals surface area contributed by atoms with Crippen molar-refractivity contribution < 1.29 is 30.3 Å². The van der Waals surface area contributed by atoms with Gasteiger partial charge in [-0.1, -0.05) is 0 Å². The van der Waals surface area contributed by atoms with E-state index >= 15 is 0 Å². The third-order valence-corrected chi connectivity index (χ3v) is 36.5. The van der Waals surface area contributed by atoms with Gasteiger partial charge in [-0.2, -0.15) is 0 Å². The Balaban J connectivity index is 0.00000312. The van der Waals surface area contributed by atoms with E-state index in [0.717, 1.165) is 0 Å². The minimum atomic E-state index is -1.82. The molecule has 0 aromatic heterocycles. The fourth-order valence-electron chi connectivity index (χ4n) is 5.45. The van der Waals surface area contributed by atoms with E-state index in [-0.39, 0.29) is 9.41 Å². The molecule has 0 aliphatic heterocycles. The van der Waals surface area contributed by atoms with Crippen molar-refractivity contribution in [3.8, 4) is 0 Å². The third-order valence-electron chi connectivity index (χ3n) is 6.73. The van der Waals surface area contributed by atoms with Crippen molar-refractivity contribution in [1.29, 1.82) is 0 Å². The van der Waals surface area contributed by atoms with Crippen LogP contribution in [0.4, 0.5) is 0 Å². The molecule has 0 amide bonds. The van der Waals surface area contributed by atoms with E-state index in [1.165, 1.54) is 37.8 Å². The first-order valence-corrected chi connectivity index (χ1v) is 19.2. The zero-order valence-electron chi connectivity index (χ0n) is 17.5. The average Bonchev–Trinajstić information content (AvgIpc) is 3.23. The largest absolute Gasteiger partial charge is 1.00 e. The van der Waals surface area contributed by atoms with Gasteiger partial charge >= 0.3 is 160 Å². The average molecular weight is 459 g/mol. The van der Waals surface area contributed by atoms with Crippen molar-refractivity contribution in [3.63, 3.8) is 0 Å². The van der Waals surface area contributed by atoms with Crippen molar-refractivity contribution in [1.82, 2.24) is 0 Å². The van der Waals surface area contributed by atoms with Crippen molar-refractivity contribution in [2.24, 2.45) is 0 Å². The van der Waals surface area contributed by atoms with Crippen molar-refractivity contribution in [2.45, 2.75) is 85.6 Å². The number of hydrogen-bond donors (Lipinski definition) is 0. The summed E-state index contributed by atoms with van der Waals surface area (Å²) in [4.78, 5) is 0. The van der Waals surface area contributed by atoms with Crippen LogP contribution in [0.5, 0.6) is 0 Å². The van der Waals surface area contributed by atoms with Gasteiger partial charge in [-0.15, -0.1) is 0 Å². The molecule has 147 valence electrons. The maximum Gasteiger partial charge on any atom is -1.00 e. The molecule has 2 rings (SSSR count). The Morgan fingerprint density at radius 2 is 1.12 bits per heavy atom. The molecule has 2 atom stereocenters. The van der Waals surface area contributed by atoms with Gasteiger partial charge in [0.05, 0.1) is 0 Å². The predicted octanol–water partition coefficient (Wildman–Crippen LogP) is 1.33. The molecule has 0 saturated carbocycles. The Bertz CT molecular complexity index is 518. The van der Waals surface area contributed by atoms with Gasteiger partial charge in [0.25, 0.3) is 0 Å². The normalized spacial score (nSPS) is 26.4. The van der Waals surface area contributed by atoms with Crippen LogP contribution in [0.2, 0.25) is 18.3 Å². The summed E-state index contributed by atoms with van der Waals surface area (Å²) in [5, 5.41) is 0. The second kappa shape index (κ2) is 11.1. The van der Waals surface area contributed by atoms with Gasteiger partial charge < -0.3 is 9.41 Å². The maximum atomic E-state index is 2.68. The summed E-state index contributed by atoms with van der Waals surface area (Å²) in [6.45, 7) is 14.8. The van der Waals surface area contributed by atoms with Gasteiger partial charge in [-0.3, -0.25) is 0 Å². The molecule has 0 bridgehead atoms. The predicted molar refractivity (Wildman–Crippen MR) is 109 cm³/mol. The van der Waals surface area contributed by atoms with E-state index in [9.17, 15) is 0 Å². The van der Waals surface area contributed by atoms with Gasteiger partial charge in [0.1, 0.15) is 0 Å². The van der Waals surface area contributed by atoms with E-state index in [4.69, 9.17) is 0 Å². The molecular formula is C22H37F2SiZr. The van der Waals surface area contributed by atoms with Gasteiger partial charge in [-0.05, 0) is 0 Å². The summed E-state index contributed by atoms with van der Waals surface area (Å²) < 4.78 is 0.998. The van der Waals surface area contributed by atoms with E-state index in [1.807, 2.05) is 0 Å². The third kappa shape index (κ3) is 4.02. The van der Waals surface area contributed by atoms with Crippen LogP contribution in [-0.2, 0) is 20.9 Å². The van der Waals surface area contributed by atoms with Crippen molar-refractivity contribution >= 4 is 5.92 Å². The van der Waals surface area contributed by atoms with E-state index in [2.05, 4.69) is 78.0 Å². The van der Waals surface area contributed by atoms with Gasteiger partial charge in [0.2, 0.25) is 0 Å². The summed E-state index contributed by atoms with van der Waals surface area (Å²) in [6, 6.07) is 3.01. The molecule has 0 spiro atoms. The van der Waals surface area contributed by atoms with Crippen LogP contribution in [-0.4, -0.2) is 5.92 Å². The van der Waals surface area contributed by atoms with Crippen LogP contribution >= 0.6 is 0 Å². The van der Waals surface area contributed by atoms with Crippen LogP contribution in [0.15, 0.2) is 47.6 Å². The second-order valence-corrected chi connectivity index (χ2v) is 26.3. The van der Waals surface area contributed by atoms with Crippen LogP contribution in [0.25, 0.3) is 0 Å². The topological polar surface area (TPSA) is 0 Å². The summed E-state index contributed by atoms with van der Waals surface area (Å²) in [6.07, 6.45) is 20.3. The van der Waals surface area contributed by atoms with Crippen LogP contribution < -0.4 is 9.41 Å². The van der Waals surface area contributed by atoms with Crippen LogP contribution in [0, 0.1) is 0 Å². The fourth-order valence-corrected chi connectivity index (χ4v) is 39.0. The van der Waals surface area contributed by atoms with Gasteiger partial charge in [0.15, 0.2) is 0 Å². The number of rotatable bonds is 9. The fraction of sp³-hybridized carbons (Fsp3) is 0.636. The Hall–Kier alpha value is -0.0800. The molecule has 2 unspecified atom stereocenters. The number of halogens is 2. The first-order chi connectivity index (χ1) is 11.6. The van der Waals surface area contributed by atoms with Gasteiger partial charge in [0, 0.05) is 0 Å². The van der Waals surface area contributed by atoms with E-state index in [0.29, 0.717) is 6.25 Å². The van der Waals surface area contributed by atoms with Crippen LogP contribution in [0.1, 0.15) is 67.2 Å². The molecule has 2 aliphatic carbocycles.